The van der Waals surface area contributed by atoms with Crippen LogP contribution < -0.4 is 4.90 Å². The van der Waals surface area contributed by atoms with Crippen LogP contribution in [0.1, 0.15) is 72.9 Å². The van der Waals surface area contributed by atoms with Crippen LogP contribution in [0.2, 0.25) is 0 Å². The SMILES string of the molecule is CCc1cc2c(cc1N1CCN(C(=O)C(C)C)CC1)C(C)(C)c1[nH]c3cc(C#N)ccc3c1C2=O. The molecule has 6 heteroatoms. The Morgan fingerprint density at radius 1 is 1.14 bits per heavy atom. The Bertz CT molecular complexity index is 1400. The topological polar surface area (TPSA) is 80.2 Å². The highest BCUT2D eigenvalue weighted by Crippen LogP contribution is 2.45. The van der Waals surface area contributed by atoms with E-state index in [2.05, 4.69) is 48.9 Å². The lowest BCUT2D eigenvalue weighted by Gasteiger charge is -2.39. The molecule has 1 saturated heterocycles. The Morgan fingerprint density at radius 3 is 2.49 bits per heavy atom. The molecule has 0 atom stereocenters. The summed E-state index contributed by atoms with van der Waals surface area (Å²) in [6.45, 7) is 13.3. The van der Waals surface area contributed by atoms with E-state index in [1.54, 1.807) is 6.07 Å². The van der Waals surface area contributed by atoms with Gasteiger partial charge in [0.25, 0.3) is 0 Å². The Labute approximate surface area is 206 Å². The van der Waals surface area contributed by atoms with E-state index in [4.69, 9.17) is 0 Å². The summed E-state index contributed by atoms with van der Waals surface area (Å²) in [5, 5.41) is 10.2. The monoisotopic (exact) mass is 468 g/mol. The molecular weight excluding hydrogens is 436 g/mol. The minimum atomic E-state index is -0.402. The number of nitrogens with one attached hydrogen (secondary N) is 1. The van der Waals surface area contributed by atoms with Crippen LogP contribution in [0.25, 0.3) is 10.9 Å². The summed E-state index contributed by atoms with van der Waals surface area (Å²) in [6.07, 6.45) is 0.827. The van der Waals surface area contributed by atoms with E-state index < -0.39 is 5.41 Å². The van der Waals surface area contributed by atoms with Crippen LogP contribution in [0, 0.1) is 17.2 Å². The van der Waals surface area contributed by atoms with Crippen molar-refractivity contribution in [1.82, 2.24) is 9.88 Å². The standard InChI is InChI=1S/C29H32N4O2/c1-6-19-14-21-22(15-24(19)32-9-11-33(12-10-32)28(35)17(2)3)29(4,5)27-25(26(21)34)20-8-7-18(16-30)13-23(20)31-27/h7-8,13-15,17,31H,6,9-12H2,1-5H3. The second-order valence-corrected chi connectivity index (χ2v) is 10.5. The lowest BCUT2D eigenvalue weighted by atomic mass is 9.70. The van der Waals surface area contributed by atoms with Crippen LogP contribution >= 0.6 is 0 Å². The van der Waals surface area contributed by atoms with Gasteiger partial charge in [-0.25, -0.2) is 0 Å². The largest absolute Gasteiger partial charge is 0.368 e. The van der Waals surface area contributed by atoms with Gasteiger partial charge in [0.05, 0.1) is 17.2 Å². The average Bonchev–Trinajstić information content (AvgIpc) is 3.26. The number of aryl methyl sites for hydroxylation is 1. The van der Waals surface area contributed by atoms with Crippen molar-refractivity contribution in [3.63, 3.8) is 0 Å². The highest BCUT2D eigenvalue weighted by atomic mass is 16.2. The van der Waals surface area contributed by atoms with Crippen molar-refractivity contribution in [2.45, 2.75) is 46.5 Å². The minimum absolute atomic E-state index is 0.0121. The van der Waals surface area contributed by atoms with E-state index in [-0.39, 0.29) is 17.6 Å². The van der Waals surface area contributed by atoms with Crippen LogP contribution in [-0.2, 0) is 16.6 Å². The molecule has 2 heterocycles. The maximum absolute atomic E-state index is 13.8. The number of aromatic amines is 1. The van der Waals surface area contributed by atoms with Crippen LogP contribution in [0.15, 0.2) is 30.3 Å². The maximum atomic E-state index is 13.8. The molecule has 1 N–H and O–H groups in total. The zero-order valence-electron chi connectivity index (χ0n) is 21.2. The highest BCUT2D eigenvalue weighted by molar-refractivity contribution is 6.20. The number of amides is 1. The molecule has 1 fully saturated rings. The zero-order valence-corrected chi connectivity index (χ0v) is 21.2. The zero-order chi connectivity index (χ0) is 25.1. The molecular formula is C29H32N4O2. The van der Waals surface area contributed by atoms with Crippen LogP contribution in [-0.4, -0.2) is 47.8 Å². The van der Waals surface area contributed by atoms with E-state index in [0.717, 1.165) is 64.0 Å². The number of benzene rings is 2. The molecule has 6 nitrogen and oxygen atoms in total. The molecule has 0 bridgehead atoms. The maximum Gasteiger partial charge on any atom is 0.225 e. The number of carbonyl (C=O) groups is 2. The molecule has 5 rings (SSSR count). The summed E-state index contributed by atoms with van der Waals surface area (Å²) in [5.74, 6) is 0.264. The average molecular weight is 469 g/mol. The predicted molar refractivity (Wildman–Crippen MR) is 138 cm³/mol. The predicted octanol–water partition coefficient (Wildman–Crippen LogP) is 4.78. The van der Waals surface area contributed by atoms with Crippen molar-refractivity contribution >= 4 is 28.3 Å². The summed E-state index contributed by atoms with van der Waals surface area (Å²) in [5.41, 5.74) is 6.73. The Hall–Kier alpha value is -3.59. The molecule has 2 aliphatic rings. The number of carbonyl (C=O) groups excluding carboxylic acids is 2. The fourth-order valence-electron chi connectivity index (χ4n) is 5.69. The van der Waals surface area contributed by atoms with Crippen molar-refractivity contribution in [3.05, 3.63) is 63.8 Å². The second-order valence-electron chi connectivity index (χ2n) is 10.5. The first kappa shape index (κ1) is 23.2. The first-order valence-corrected chi connectivity index (χ1v) is 12.5. The van der Waals surface area contributed by atoms with Gasteiger partial charge >= 0.3 is 0 Å². The van der Waals surface area contributed by atoms with E-state index in [0.29, 0.717) is 18.7 Å². The number of aromatic nitrogens is 1. The second kappa shape index (κ2) is 8.27. The Morgan fingerprint density at radius 2 is 1.86 bits per heavy atom. The van der Waals surface area contributed by atoms with Crippen LogP contribution in [0.3, 0.4) is 0 Å². The smallest absolute Gasteiger partial charge is 0.225 e. The quantitative estimate of drug-likeness (QED) is 0.600. The number of hydrogen-bond donors (Lipinski definition) is 1. The lowest BCUT2D eigenvalue weighted by Crippen LogP contribution is -2.50. The molecule has 1 aliphatic heterocycles. The molecule has 3 aromatic rings. The van der Waals surface area contributed by atoms with E-state index in [9.17, 15) is 14.9 Å². The summed E-state index contributed by atoms with van der Waals surface area (Å²) in [6, 6.07) is 12.0. The fourth-order valence-corrected chi connectivity index (χ4v) is 5.69. The summed E-state index contributed by atoms with van der Waals surface area (Å²) in [7, 11) is 0. The third kappa shape index (κ3) is 3.53. The van der Waals surface area contributed by atoms with Crippen LogP contribution in [0.5, 0.6) is 0 Å². The van der Waals surface area contributed by atoms with Gasteiger partial charge in [0, 0.05) is 65.4 Å². The highest BCUT2D eigenvalue weighted by Gasteiger charge is 2.40. The molecule has 35 heavy (non-hydrogen) atoms. The first-order chi connectivity index (χ1) is 16.7. The number of anilines is 1. The lowest BCUT2D eigenvalue weighted by molar-refractivity contribution is -0.134. The number of piperazine rings is 1. The van der Waals surface area contributed by atoms with Crippen molar-refractivity contribution in [2.24, 2.45) is 5.92 Å². The third-order valence-corrected chi connectivity index (χ3v) is 7.72. The molecule has 2 aromatic carbocycles. The molecule has 0 saturated carbocycles. The van der Waals surface area contributed by atoms with Gasteiger partial charge in [-0.2, -0.15) is 5.26 Å². The van der Waals surface area contributed by atoms with Gasteiger partial charge in [-0.3, -0.25) is 9.59 Å². The molecule has 0 unspecified atom stereocenters. The van der Waals surface area contributed by atoms with Crippen molar-refractivity contribution in [2.75, 3.05) is 31.1 Å². The fraction of sp³-hybridized carbons (Fsp3) is 0.414. The van der Waals surface area contributed by atoms with Gasteiger partial charge in [-0.1, -0.05) is 40.7 Å². The molecule has 1 aromatic heterocycles. The van der Waals surface area contributed by atoms with Crippen molar-refractivity contribution in [1.29, 1.82) is 5.26 Å². The van der Waals surface area contributed by atoms with Crippen molar-refractivity contribution in [3.8, 4) is 6.07 Å². The molecule has 0 radical (unpaired) electrons. The summed E-state index contributed by atoms with van der Waals surface area (Å²) >= 11 is 0. The van der Waals surface area contributed by atoms with Crippen molar-refractivity contribution < 1.29 is 9.59 Å². The number of nitriles is 1. The van der Waals surface area contributed by atoms with E-state index in [1.165, 1.54) is 0 Å². The number of H-pyrrole nitrogens is 1. The summed E-state index contributed by atoms with van der Waals surface area (Å²) < 4.78 is 0. The Balaban J connectivity index is 1.57. The third-order valence-electron chi connectivity index (χ3n) is 7.72. The first-order valence-electron chi connectivity index (χ1n) is 12.5. The van der Waals surface area contributed by atoms with Gasteiger partial charge in [-0.15, -0.1) is 0 Å². The molecule has 180 valence electrons. The Kier molecular flexibility index (Phi) is 5.47. The normalized spacial score (nSPS) is 16.9. The molecule has 1 aliphatic carbocycles. The number of fused-ring (bicyclic) bond motifs is 4. The summed E-state index contributed by atoms with van der Waals surface area (Å²) in [4.78, 5) is 34.1. The number of ketones is 1. The van der Waals surface area contributed by atoms with E-state index >= 15 is 0 Å². The number of rotatable bonds is 3. The van der Waals surface area contributed by atoms with Gasteiger partial charge in [0.2, 0.25) is 5.91 Å². The minimum Gasteiger partial charge on any atom is -0.368 e. The number of nitrogens with zero attached hydrogens (tertiary/aromatic N) is 3. The molecule has 1 amide bonds. The van der Waals surface area contributed by atoms with Crippen LogP contribution in [0.4, 0.5) is 5.69 Å². The van der Waals surface area contributed by atoms with E-state index in [1.807, 2.05) is 30.9 Å². The van der Waals surface area contributed by atoms with Gasteiger partial charge in [0.1, 0.15) is 0 Å². The number of hydrogen-bond acceptors (Lipinski definition) is 4. The van der Waals surface area contributed by atoms with Gasteiger partial charge in [-0.05, 0) is 41.8 Å². The van der Waals surface area contributed by atoms with Gasteiger partial charge in [0.15, 0.2) is 5.78 Å². The molecule has 0 spiro atoms. The van der Waals surface area contributed by atoms with Gasteiger partial charge < -0.3 is 14.8 Å².